The van der Waals surface area contributed by atoms with Crippen LogP contribution in [0.4, 0.5) is 0 Å². The molecule has 2 rings (SSSR count). The maximum atomic E-state index is 4.89. The minimum atomic E-state index is 0.593. The number of hydrogen-bond acceptors (Lipinski definition) is 3. The van der Waals surface area contributed by atoms with Crippen molar-refractivity contribution in [3.63, 3.8) is 0 Å². The van der Waals surface area contributed by atoms with Crippen molar-refractivity contribution in [3.8, 4) is 11.4 Å². The highest BCUT2D eigenvalue weighted by Crippen LogP contribution is 2.13. The molecule has 0 saturated heterocycles. The molecule has 1 heterocycles. The monoisotopic (exact) mass is 172 g/mol. The molecule has 0 atom stereocenters. The van der Waals surface area contributed by atoms with E-state index in [1.54, 1.807) is 6.92 Å². The number of nitrogens with zero attached hydrogens (tertiary/aromatic N) is 2. The van der Waals surface area contributed by atoms with Crippen LogP contribution in [0.15, 0.2) is 28.8 Å². The summed E-state index contributed by atoms with van der Waals surface area (Å²) in [5, 5.41) is 3.83. The molecule has 4 heteroatoms. The van der Waals surface area contributed by atoms with Gasteiger partial charge in [-0.1, -0.05) is 34.9 Å². The van der Waals surface area contributed by atoms with Crippen LogP contribution in [0.5, 0.6) is 0 Å². The molecule has 13 heavy (non-hydrogen) atoms. The average Bonchev–Trinajstić information content (AvgIpc) is 2.53. The molecule has 64 valence electrons. The maximum absolute atomic E-state index is 4.89. The fourth-order valence-corrected chi connectivity index (χ4v) is 1.12. The summed E-state index contributed by atoms with van der Waals surface area (Å²) in [7, 11) is 2.05. The number of benzene rings is 1. The highest BCUT2D eigenvalue weighted by Gasteiger charge is 2.03. The molecule has 0 aliphatic heterocycles. The lowest BCUT2D eigenvalue weighted by Crippen LogP contribution is -1.99. The predicted octanol–water partition coefficient (Wildman–Crippen LogP) is 0.303. The van der Waals surface area contributed by atoms with E-state index < -0.39 is 0 Å². The van der Waals surface area contributed by atoms with E-state index >= 15 is 0 Å². The van der Waals surface area contributed by atoms with Gasteiger partial charge in [0.2, 0.25) is 11.7 Å². The van der Waals surface area contributed by atoms with Crippen molar-refractivity contribution in [2.75, 3.05) is 0 Å². The first-order valence-electron chi connectivity index (χ1n) is 4.13. The van der Waals surface area contributed by atoms with Crippen LogP contribution >= 0.6 is 0 Å². The Bertz CT molecular complexity index is 408. The quantitative estimate of drug-likeness (QED) is 0.580. The molecule has 0 amide bonds. The third kappa shape index (κ3) is 1.61. The Labute approximate surface area is 77.2 Å². The van der Waals surface area contributed by atoms with Crippen molar-refractivity contribution < 1.29 is 4.52 Å². The number of rotatable bonds is 1. The van der Waals surface area contributed by atoms with Crippen molar-refractivity contribution in [2.45, 2.75) is 6.92 Å². The van der Waals surface area contributed by atoms with Crippen LogP contribution in [0.25, 0.3) is 11.4 Å². The molecule has 0 bridgehead atoms. The first-order chi connectivity index (χ1) is 6.25. The maximum Gasteiger partial charge on any atom is 0.223 e. The third-order valence-corrected chi connectivity index (χ3v) is 1.84. The van der Waals surface area contributed by atoms with Crippen molar-refractivity contribution in [2.24, 2.45) is 0 Å². The summed E-state index contributed by atoms with van der Waals surface area (Å²) in [5.74, 6) is 1.24. The summed E-state index contributed by atoms with van der Waals surface area (Å²) in [4.78, 5) is 4.13. The number of hydrogen-bond donors (Lipinski definition) is 0. The van der Waals surface area contributed by atoms with E-state index in [0.29, 0.717) is 11.7 Å². The van der Waals surface area contributed by atoms with Crippen LogP contribution in [-0.4, -0.2) is 18.0 Å². The summed E-state index contributed by atoms with van der Waals surface area (Å²) >= 11 is 0. The first-order valence-corrected chi connectivity index (χ1v) is 4.13. The molecule has 0 saturated carbocycles. The van der Waals surface area contributed by atoms with Gasteiger partial charge < -0.3 is 4.52 Å². The highest BCUT2D eigenvalue weighted by molar-refractivity contribution is 6.32. The summed E-state index contributed by atoms with van der Waals surface area (Å²) in [6.45, 7) is 1.78. The van der Waals surface area contributed by atoms with Crippen LogP contribution in [0.2, 0.25) is 0 Å². The molecule has 1 aromatic heterocycles. The minimum Gasteiger partial charge on any atom is -0.339 e. The van der Waals surface area contributed by atoms with Gasteiger partial charge in [0.15, 0.2) is 0 Å². The van der Waals surface area contributed by atoms with Crippen LogP contribution < -0.4 is 5.46 Å². The van der Waals surface area contributed by atoms with Crippen molar-refractivity contribution >= 4 is 13.3 Å². The van der Waals surface area contributed by atoms with Crippen LogP contribution in [0, 0.1) is 6.92 Å². The molecule has 0 radical (unpaired) electrons. The molecular weight excluding hydrogens is 163 g/mol. The molecule has 0 N–H and O–H groups in total. The number of aryl methyl sites for hydroxylation is 1. The molecule has 3 nitrogen and oxygen atoms in total. The Morgan fingerprint density at radius 1 is 1.23 bits per heavy atom. The Morgan fingerprint density at radius 2 is 1.92 bits per heavy atom. The Morgan fingerprint density at radius 3 is 2.46 bits per heavy atom. The van der Waals surface area contributed by atoms with Crippen molar-refractivity contribution in [3.05, 3.63) is 30.2 Å². The van der Waals surface area contributed by atoms with E-state index in [2.05, 4.69) is 10.1 Å². The van der Waals surface area contributed by atoms with E-state index in [9.17, 15) is 0 Å². The van der Waals surface area contributed by atoms with Crippen molar-refractivity contribution in [1.29, 1.82) is 0 Å². The fourth-order valence-electron chi connectivity index (χ4n) is 1.12. The topological polar surface area (TPSA) is 38.9 Å². The van der Waals surface area contributed by atoms with Gasteiger partial charge in [-0.15, -0.1) is 0 Å². The Kier molecular flexibility index (Phi) is 1.89. The van der Waals surface area contributed by atoms with Gasteiger partial charge >= 0.3 is 0 Å². The summed E-state index contributed by atoms with van der Waals surface area (Å²) in [6, 6.07) is 8.03. The second kappa shape index (κ2) is 3.05. The standard InChI is InChI=1S/C9H9BN2O/c1-6-11-9(12-13-6)7-2-4-8(10)5-3-7/h2-5H,10H2,1H3. The van der Waals surface area contributed by atoms with Crippen LogP contribution in [0.3, 0.4) is 0 Å². The van der Waals surface area contributed by atoms with Gasteiger partial charge in [-0.05, 0) is 0 Å². The highest BCUT2D eigenvalue weighted by atomic mass is 16.5. The Hall–Kier alpha value is -1.58. The zero-order chi connectivity index (χ0) is 9.26. The van der Waals surface area contributed by atoms with Crippen molar-refractivity contribution in [1.82, 2.24) is 10.1 Å². The Balaban J connectivity index is 2.41. The molecule has 2 aromatic rings. The van der Waals surface area contributed by atoms with Gasteiger partial charge in [0.1, 0.15) is 7.85 Å². The lowest BCUT2D eigenvalue weighted by molar-refractivity contribution is 0.394. The molecule has 0 aliphatic rings. The zero-order valence-electron chi connectivity index (χ0n) is 7.61. The second-order valence-electron chi connectivity index (χ2n) is 3.00. The molecule has 1 aromatic carbocycles. The van der Waals surface area contributed by atoms with E-state index in [4.69, 9.17) is 4.52 Å². The predicted molar refractivity (Wildman–Crippen MR) is 52.6 cm³/mol. The lowest BCUT2D eigenvalue weighted by atomic mass is 9.95. The molecule has 0 unspecified atom stereocenters. The summed E-state index contributed by atoms with van der Waals surface area (Å²) in [5.41, 5.74) is 2.21. The fraction of sp³-hybridized carbons (Fsp3) is 0.111. The minimum absolute atomic E-state index is 0.593. The van der Waals surface area contributed by atoms with E-state index in [-0.39, 0.29) is 0 Å². The number of aromatic nitrogens is 2. The average molecular weight is 172 g/mol. The summed E-state index contributed by atoms with van der Waals surface area (Å²) in [6.07, 6.45) is 0. The smallest absolute Gasteiger partial charge is 0.223 e. The largest absolute Gasteiger partial charge is 0.339 e. The van der Waals surface area contributed by atoms with Gasteiger partial charge in [-0.2, -0.15) is 4.98 Å². The van der Waals surface area contributed by atoms with Gasteiger partial charge in [0, 0.05) is 12.5 Å². The second-order valence-corrected chi connectivity index (χ2v) is 3.00. The zero-order valence-corrected chi connectivity index (χ0v) is 7.61. The summed E-state index contributed by atoms with van der Waals surface area (Å²) < 4.78 is 4.89. The molecule has 0 aliphatic carbocycles. The SMILES string of the molecule is Bc1ccc(-c2noc(C)n2)cc1. The van der Waals surface area contributed by atoms with E-state index in [1.165, 1.54) is 5.46 Å². The normalized spacial score (nSPS) is 10.2. The van der Waals surface area contributed by atoms with Gasteiger partial charge in [-0.25, -0.2) is 0 Å². The molecule has 0 fully saturated rings. The third-order valence-electron chi connectivity index (χ3n) is 1.84. The van der Waals surface area contributed by atoms with E-state index in [0.717, 1.165) is 5.56 Å². The molecule has 0 spiro atoms. The molecular formula is C9H9BN2O. The van der Waals surface area contributed by atoms with Gasteiger partial charge in [0.25, 0.3) is 0 Å². The van der Waals surface area contributed by atoms with Crippen LogP contribution in [0.1, 0.15) is 5.89 Å². The van der Waals surface area contributed by atoms with Crippen LogP contribution in [-0.2, 0) is 0 Å². The lowest BCUT2D eigenvalue weighted by Gasteiger charge is -1.94. The van der Waals surface area contributed by atoms with Gasteiger partial charge in [-0.3, -0.25) is 0 Å². The van der Waals surface area contributed by atoms with E-state index in [1.807, 2.05) is 32.1 Å². The van der Waals surface area contributed by atoms with Gasteiger partial charge in [0.05, 0.1) is 0 Å². The first kappa shape index (κ1) is 8.04.